The summed E-state index contributed by atoms with van der Waals surface area (Å²) in [6.45, 7) is 1.81. The number of hydrogen-bond donors (Lipinski definition) is 0. The molecule has 1 saturated heterocycles. The Kier molecular flexibility index (Phi) is 4.64. The highest BCUT2D eigenvalue weighted by molar-refractivity contribution is 5.90. The van der Waals surface area contributed by atoms with Gasteiger partial charge in [-0.3, -0.25) is 0 Å². The van der Waals surface area contributed by atoms with Crippen molar-refractivity contribution in [3.63, 3.8) is 0 Å². The van der Waals surface area contributed by atoms with Gasteiger partial charge in [0.2, 0.25) is 5.82 Å². The highest BCUT2D eigenvalue weighted by atomic mass is 19.4. The van der Waals surface area contributed by atoms with Gasteiger partial charge in [-0.25, -0.2) is 9.97 Å². The molecular weight excluding hydrogens is 395 g/mol. The Bertz CT molecular complexity index is 1090. The zero-order valence-corrected chi connectivity index (χ0v) is 16.2. The Balaban J connectivity index is 1.59. The van der Waals surface area contributed by atoms with Crippen LogP contribution in [0.5, 0.6) is 11.5 Å². The largest absolute Gasteiger partial charge is 0.490 e. The van der Waals surface area contributed by atoms with E-state index in [9.17, 15) is 13.2 Å². The van der Waals surface area contributed by atoms with Gasteiger partial charge in [0.1, 0.15) is 5.82 Å². The molecule has 0 amide bonds. The average molecular weight is 415 g/mol. The van der Waals surface area contributed by atoms with Crippen molar-refractivity contribution in [3.8, 4) is 11.5 Å². The number of para-hydroxylation sites is 1. The summed E-state index contributed by atoms with van der Waals surface area (Å²) in [6.07, 6.45) is -2.12. The van der Waals surface area contributed by atoms with Crippen LogP contribution < -0.4 is 14.4 Å². The summed E-state index contributed by atoms with van der Waals surface area (Å²) >= 11 is 0. The number of rotatable bonds is 2. The van der Waals surface area contributed by atoms with Crippen molar-refractivity contribution >= 4 is 16.7 Å². The van der Waals surface area contributed by atoms with Crippen LogP contribution in [0.1, 0.15) is 36.7 Å². The Morgan fingerprint density at radius 2 is 1.73 bits per heavy atom. The van der Waals surface area contributed by atoms with Crippen molar-refractivity contribution in [1.82, 2.24) is 9.97 Å². The highest BCUT2D eigenvalue weighted by Gasteiger charge is 2.37. The number of halogens is 3. The van der Waals surface area contributed by atoms with Crippen molar-refractivity contribution in [2.45, 2.75) is 31.5 Å². The molecule has 1 fully saturated rings. The number of benzene rings is 2. The predicted octanol–water partition coefficient (Wildman–Crippen LogP) is 5.15. The number of ether oxygens (including phenoxy) is 2. The smallest absolute Gasteiger partial charge is 0.451 e. The molecule has 3 aromatic rings. The normalized spacial score (nSPS) is 19.2. The summed E-state index contributed by atoms with van der Waals surface area (Å²) in [5.41, 5.74) is 1.27. The minimum absolute atomic E-state index is 0.0958. The topological polar surface area (TPSA) is 47.5 Å². The maximum atomic E-state index is 13.5. The second-order valence-electron chi connectivity index (χ2n) is 7.49. The summed E-state index contributed by atoms with van der Waals surface area (Å²) in [5.74, 6) is 0.594. The van der Waals surface area contributed by atoms with E-state index < -0.39 is 12.0 Å². The van der Waals surface area contributed by atoms with Gasteiger partial charge in [0.25, 0.3) is 0 Å². The fourth-order valence-corrected chi connectivity index (χ4v) is 4.16. The minimum atomic E-state index is -4.61. The van der Waals surface area contributed by atoms with Gasteiger partial charge >= 0.3 is 6.18 Å². The lowest BCUT2D eigenvalue weighted by Crippen LogP contribution is -2.25. The van der Waals surface area contributed by atoms with Crippen LogP contribution in [-0.4, -0.2) is 29.7 Å². The third-order valence-electron chi connectivity index (χ3n) is 5.52. The second-order valence-corrected chi connectivity index (χ2v) is 7.49. The molecule has 5 nitrogen and oxygen atoms in total. The molecule has 1 aromatic heterocycles. The van der Waals surface area contributed by atoms with Gasteiger partial charge in [-0.15, -0.1) is 0 Å². The lowest BCUT2D eigenvalue weighted by atomic mass is 10.0. The fourth-order valence-electron chi connectivity index (χ4n) is 4.16. The van der Waals surface area contributed by atoms with Gasteiger partial charge in [-0.05, 0) is 42.7 Å². The van der Waals surface area contributed by atoms with E-state index in [4.69, 9.17) is 9.47 Å². The van der Waals surface area contributed by atoms with Crippen LogP contribution >= 0.6 is 0 Å². The van der Waals surface area contributed by atoms with E-state index >= 15 is 0 Å². The van der Waals surface area contributed by atoms with Crippen molar-refractivity contribution < 1.29 is 22.6 Å². The summed E-state index contributed by atoms with van der Waals surface area (Å²) in [6, 6.07) is 12.5. The first-order chi connectivity index (χ1) is 14.5. The highest BCUT2D eigenvalue weighted by Crippen LogP contribution is 2.42. The Morgan fingerprint density at radius 3 is 2.57 bits per heavy atom. The second kappa shape index (κ2) is 7.34. The predicted molar refractivity (Wildman–Crippen MR) is 106 cm³/mol. The minimum Gasteiger partial charge on any atom is -0.490 e. The number of anilines is 1. The van der Waals surface area contributed by atoms with Crippen LogP contribution in [0, 0.1) is 0 Å². The zero-order chi connectivity index (χ0) is 20.7. The molecule has 2 aromatic carbocycles. The summed E-state index contributed by atoms with van der Waals surface area (Å²) < 4.78 is 51.9. The first-order valence-corrected chi connectivity index (χ1v) is 10.0. The number of fused-ring (bicyclic) bond motifs is 2. The molecule has 0 aliphatic carbocycles. The maximum Gasteiger partial charge on any atom is 0.451 e. The van der Waals surface area contributed by atoms with Crippen molar-refractivity contribution in [3.05, 3.63) is 53.9 Å². The van der Waals surface area contributed by atoms with Gasteiger partial charge in [0.15, 0.2) is 11.5 Å². The lowest BCUT2D eigenvalue weighted by molar-refractivity contribution is -0.144. The Hall–Kier alpha value is -3.03. The molecular formula is C22H20F3N3O2. The number of alkyl halides is 3. The molecule has 2 aliphatic heterocycles. The molecule has 30 heavy (non-hydrogen) atoms. The SMILES string of the molecule is FC(F)(F)c1nc(N2CCC[C@@H]2c2ccc3c(c2)OCCCO3)c2ccccc2n1. The molecule has 0 radical (unpaired) electrons. The molecule has 0 saturated carbocycles. The Labute approximate surface area is 171 Å². The van der Waals surface area contributed by atoms with Gasteiger partial charge in [0, 0.05) is 18.4 Å². The average Bonchev–Trinajstić information content (AvgIpc) is 3.10. The number of aromatic nitrogens is 2. The summed E-state index contributed by atoms with van der Waals surface area (Å²) in [7, 11) is 0. The molecule has 0 N–H and O–H groups in total. The summed E-state index contributed by atoms with van der Waals surface area (Å²) in [5, 5.41) is 0.617. The van der Waals surface area contributed by atoms with Gasteiger partial charge < -0.3 is 14.4 Å². The van der Waals surface area contributed by atoms with E-state index in [1.165, 1.54) is 0 Å². The standard InChI is InChI=1S/C22H20F3N3O2/c23-22(24,25)21-26-16-6-2-1-5-15(16)20(27-21)28-10-3-7-17(28)14-8-9-18-19(13-14)30-12-4-11-29-18/h1-2,5-6,8-9,13,17H,3-4,7,10-12H2/t17-/m1/s1. The van der Waals surface area contributed by atoms with E-state index in [0.29, 0.717) is 48.0 Å². The molecule has 8 heteroatoms. The van der Waals surface area contributed by atoms with Crippen molar-refractivity contribution in [2.24, 2.45) is 0 Å². The zero-order valence-electron chi connectivity index (χ0n) is 16.2. The van der Waals surface area contributed by atoms with Crippen LogP contribution in [0.2, 0.25) is 0 Å². The lowest BCUT2D eigenvalue weighted by Gasteiger charge is -2.28. The van der Waals surface area contributed by atoms with E-state index in [2.05, 4.69) is 9.97 Å². The van der Waals surface area contributed by atoms with Gasteiger partial charge in [0.05, 0.1) is 24.8 Å². The molecule has 0 spiro atoms. The van der Waals surface area contributed by atoms with Crippen LogP contribution in [-0.2, 0) is 6.18 Å². The molecule has 2 aliphatic rings. The van der Waals surface area contributed by atoms with E-state index in [-0.39, 0.29) is 6.04 Å². The van der Waals surface area contributed by atoms with Crippen LogP contribution in [0.15, 0.2) is 42.5 Å². The van der Waals surface area contributed by atoms with Crippen LogP contribution in [0.4, 0.5) is 19.0 Å². The van der Waals surface area contributed by atoms with Crippen molar-refractivity contribution in [1.29, 1.82) is 0 Å². The van der Waals surface area contributed by atoms with Crippen LogP contribution in [0.25, 0.3) is 10.9 Å². The molecule has 0 bridgehead atoms. The quantitative estimate of drug-likeness (QED) is 0.579. The molecule has 156 valence electrons. The monoisotopic (exact) mass is 415 g/mol. The first-order valence-electron chi connectivity index (χ1n) is 10.0. The first kappa shape index (κ1) is 19.0. The van der Waals surface area contributed by atoms with Gasteiger partial charge in [-0.2, -0.15) is 13.2 Å². The molecule has 1 atom stereocenters. The third kappa shape index (κ3) is 3.40. The third-order valence-corrected chi connectivity index (χ3v) is 5.52. The molecule has 5 rings (SSSR count). The fraction of sp³-hybridized carbons (Fsp3) is 0.364. The number of hydrogen-bond acceptors (Lipinski definition) is 5. The van der Waals surface area contributed by atoms with Crippen molar-refractivity contribution in [2.75, 3.05) is 24.7 Å². The summed E-state index contributed by atoms with van der Waals surface area (Å²) in [4.78, 5) is 9.67. The van der Waals surface area contributed by atoms with E-state index in [0.717, 1.165) is 24.8 Å². The Morgan fingerprint density at radius 1 is 0.933 bits per heavy atom. The maximum absolute atomic E-state index is 13.5. The molecule has 0 unspecified atom stereocenters. The van der Waals surface area contributed by atoms with Crippen LogP contribution in [0.3, 0.4) is 0 Å². The number of nitrogens with zero attached hydrogens (tertiary/aromatic N) is 3. The van der Waals surface area contributed by atoms with E-state index in [1.54, 1.807) is 24.3 Å². The van der Waals surface area contributed by atoms with E-state index in [1.807, 2.05) is 23.1 Å². The van der Waals surface area contributed by atoms with Gasteiger partial charge in [-0.1, -0.05) is 18.2 Å². The molecule has 3 heterocycles.